The maximum absolute atomic E-state index is 12.2. The summed E-state index contributed by atoms with van der Waals surface area (Å²) < 4.78 is 16.4. The Bertz CT molecular complexity index is 748. The second-order valence-corrected chi connectivity index (χ2v) is 5.47. The molecule has 0 aliphatic carbocycles. The van der Waals surface area contributed by atoms with E-state index in [4.69, 9.17) is 14.2 Å². The van der Waals surface area contributed by atoms with Gasteiger partial charge in [-0.05, 0) is 50.1 Å². The molecule has 0 heterocycles. The average Bonchev–Trinajstić information content (AvgIpc) is 2.53. The van der Waals surface area contributed by atoms with Crippen molar-refractivity contribution < 1.29 is 19.0 Å². The summed E-state index contributed by atoms with van der Waals surface area (Å²) >= 11 is 0. The van der Waals surface area contributed by atoms with Crippen LogP contribution in [0.2, 0.25) is 0 Å². The molecular weight excluding hydrogens is 292 g/mol. The predicted octanol–water partition coefficient (Wildman–Crippen LogP) is 4.20. The van der Waals surface area contributed by atoms with Crippen molar-refractivity contribution in [3.05, 3.63) is 41.0 Å². The van der Waals surface area contributed by atoms with Crippen LogP contribution in [-0.2, 0) is 0 Å². The van der Waals surface area contributed by atoms with E-state index in [9.17, 15) is 4.79 Å². The zero-order chi connectivity index (χ0) is 17.1. The summed E-state index contributed by atoms with van der Waals surface area (Å²) in [5.41, 5.74) is 4.14. The summed E-state index contributed by atoms with van der Waals surface area (Å²) in [7, 11) is 4.82. The fraction of sp³-hybridized carbons (Fsp3) is 0.316. The molecule has 0 saturated carbocycles. The number of ketones is 1. The van der Waals surface area contributed by atoms with Crippen LogP contribution in [0.25, 0.3) is 11.1 Å². The van der Waals surface area contributed by atoms with Crippen LogP contribution in [0, 0.1) is 13.8 Å². The third kappa shape index (κ3) is 3.16. The van der Waals surface area contributed by atoms with E-state index in [1.54, 1.807) is 28.3 Å². The van der Waals surface area contributed by atoms with Crippen LogP contribution in [0.5, 0.6) is 17.2 Å². The van der Waals surface area contributed by atoms with Gasteiger partial charge in [0.05, 0.1) is 21.3 Å². The first kappa shape index (κ1) is 16.9. The summed E-state index contributed by atoms with van der Waals surface area (Å²) in [6.07, 6.45) is 0. The van der Waals surface area contributed by atoms with Gasteiger partial charge in [-0.25, -0.2) is 0 Å². The number of rotatable bonds is 5. The first-order chi connectivity index (χ1) is 10.9. The third-order valence-electron chi connectivity index (χ3n) is 3.82. The Balaban J connectivity index is 2.88. The zero-order valence-electron chi connectivity index (χ0n) is 14.4. The van der Waals surface area contributed by atoms with Crippen LogP contribution < -0.4 is 14.2 Å². The first-order valence-electron chi connectivity index (χ1n) is 7.35. The standard InChI is InChI=1S/C19H22O4/c1-11-7-15(13(3)20)19(16(8-11)22-5)18-12(2)9-14(21-4)10-17(18)23-6/h7-10H,1-6H3. The third-order valence-corrected chi connectivity index (χ3v) is 3.82. The van der Waals surface area contributed by atoms with E-state index in [2.05, 4.69) is 0 Å². The molecule has 0 aliphatic heterocycles. The van der Waals surface area contributed by atoms with Crippen molar-refractivity contribution in [1.82, 2.24) is 0 Å². The molecule has 4 heteroatoms. The van der Waals surface area contributed by atoms with E-state index in [1.165, 1.54) is 0 Å². The summed E-state index contributed by atoms with van der Waals surface area (Å²) in [6.45, 7) is 5.46. The van der Waals surface area contributed by atoms with Crippen LogP contribution in [0.1, 0.15) is 28.4 Å². The minimum atomic E-state index is -0.0146. The van der Waals surface area contributed by atoms with E-state index in [1.807, 2.05) is 38.1 Å². The van der Waals surface area contributed by atoms with Gasteiger partial charge in [0.15, 0.2) is 5.78 Å². The second-order valence-electron chi connectivity index (χ2n) is 5.47. The Hall–Kier alpha value is -2.49. The van der Waals surface area contributed by atoms with E-state index < -0.39 is 0 Å². The monoisotopic (exact) mass is 314 g/mol. The van der Waals surface area contributed by atoms with Gasteiger partial charge in [0, 0.05) is 22.8 Å². The van der Waals surface area contributed by atoms with E-state index in [-0.39, 0.29) is 5.78 Å². The number of benzene rings is 2. The minimum absolute atomic E-state index is 0.0146. The fourth-order valence-electron chi connectivity index (χ4n) is 2.77. The molecule has 0 aromatic heterocycles. The number of Topliss-reactive ketones (excluding diaryl/α,β-unsaturated/α-hetero) is 1. The molecule has 0 radical (unpaired) electrons. The predicted molar refractivity (Wildman–Crippen MR) is 91.0 cm³/mol. The summed E-state index contributed by atoms with van der Waals surface area (Å²) in [4.78, 5) is 12.2. The molecule has 0 atom stereocenters. The lowest BCUT2D eigenvalue weighted by molar-refractivity contribution is 0.101. The number of methoxy groups -OCH3 is 3. The molecule has 2 aromatic rings. The van der Waals surface area contributed by atoms with Gasteiger partial charge in [0.25, 0.3) is 0 Å². The molecule has 0 bridgehead atoms. The molecule has 2 aromatic carbocycles. The van der Waals surface area contributed by atoms with Gasteiger partial charge < -0.3 is 14.2 Å². The number of ether oxygens (including phenoxy) is 3. The smallest absolute Gasteiger partial charge is 0.160 e. The zero-order valence-corrected chi connectivity index (χ0v) is 14.4. The molecule has 0 N–H and O–H groups in total. The van der Waals surface area contributed by atoms with Crippen molar-refractivity contribution in [2.75, 3.05) is 21.3 Å². The molecule has 0 saturated heterocycles. The molecule has 0 spiro atoms. The highest BCUT2D eigenvalue weighted by atomic mass is 16.5. The molecule has 0 unspecified atom stereocenters. The Labute approximate surface area is 137 Å². The molecule has 0 aliphatic rings. The topological polar surface area (TPSA) is 44.8 Å². The van der Waals surface area contributed by atoms with Crippen molar-refractivity contribution in [2.24, 2.45) is 0 Å². The highest BCUT2D eigenvalue weighted by Crippen LogP contribution is 2.43. The molecule has 0 amide bonds. The van der Waals surface area contributed by atoms with Gasteiger partial charge in [-0.3, -0.25) is 4.79 Å². The van der Waals surface area contributed by atoms with Crippen LogP contribution in [0.4, 0.5) is 0 Å². The Morgan fingerprint density at radius 1 is 0.826 bits per heavy atom. The normalized spacial score (nSPS) is 10.3. The van der Waals surface area contributed by atoms with Crippen LogP contribution in [0.15, 0.2) is 24.3 Å². The van der Waals surface area contributed by atoms with Crippen LogP contribution >= 0.6 is 0 Å². The quantitative estimate of drug-likeness (QED) is 0.776. The summed E-state index contributed by atoms with van der Waals surface area (Å²) in [5.74, 6) is 1.99. The number of carbonyl (C=O) groups is 1. The Kier molecular flexibility index (Phi) is 4.94. The lowest BCUT2D eigenvalue weighted by Gasteiger charge is -2.19. The second kappa shape index (κ2) is 6.73. The van der Waals surface area contributed by atoms with Crippen LogP contribution in [-0.4, -0.2) is 27.1 Å². The fourth-order valence-corrected chi connectivity index (χ4v) is 2.77. The summed E-state index contributed by atoms with van der Waals surface area (Å²) in [6, 6.07) is 7.53. The maximum atomic E-state index is 12.2. The highest BCUT2D eigenvalue weighted by molar-refractivity contribution is 6.04. The lowest BCUT2D eigenvalue weighted by Crippen LogP contribution is -2.03. The molecular formula is C19H22O4. The van der Waals surface area contributed by atoms with Crippen molar-refractivity contribution in [2.45, 2.75) is 20.8 Å². The van der Waals surface area contributed by atoms with Gasteiger partial charge in [-0.1, -0.05) is 0 Å². The van der Waals surface area contributed by atoms with Gasteiger partial charge >= 0.3 is 0 Å². The van der Waals surface area contributed by atoms with Crippen molar-refractivity contribution in [3.63, 3.8) is 0 Å². The van der Waals surface area contributed by atoms with Crippen molar-refractivity contribution in [3.8, 4) is 28.4 Å². The van der Waals surface area contributed by atoms with Gasteiger partial charge in [0.2, 0.25) is 0 Å². The molecule has 122 valence electrons. The largest absolute Gasteiger partial charge is 0.497 e. The Morgan fingerprint density at radius 2 is 1.43 bits per heavy atom. The number of hydrogen-bond acceptors (Lipinski definition) is 4. The van der Waals surface area contributed by atoms with Gasteiger partial charge in [-0.2, -0.15) is 0 Å². The number of carbonyl (C=O) groups excluding carboxylic acids is 1. The number of hydrogen-bond donors (Lipinski definition) is 0. The lowest BCUT2D eigenvalue weighted by atomic mass is 9.91. The minimum Gasteiger partial charge on any atom is -0.497 e. The van der Waals surface area contributed by atoms with Crippen molar-refractivity contribution >= 4 is 5.78 Å². The summed E-state index contributed by atoms with van der Waals surface area (Å²) in [5, 5.41) is 0. The molecule has 0 fully saturated rings. The van der Waals surface area contributed by atoms with E-state index >= 15 is 0 Å². The highest BCUT2D eigenvalue weighted by Gasteiger charge is 2.21. The average molecular weight is 314 g/mol. The van der Waals surface area contributed by atoms with Crippen molar-refractivity contribution in [1.29, 1.82) is 0 Å². The molecule has 4 nitrogen and oxygen atoms in total. The maximum Gasteiger partial charge on any atom is 0.160 e. The molecule has 2 rings (SSSR count). The SMILES string of the molecule is COc1cc(C)c(-c2c(OC)cc(C)cc2C(C)=O)c(OC)c1. The molecule has 23 heavy (non-hydrogen) atoms. The van der Waals surface area contributed by atoms with E-state index in [0.717, 1.165) is 22.3 Å². The Morgan fingerprint density at radius 3 is 1.96 bits per heavy atom. The van der Waals surface area contributed by atoms with E-state index in [0.29, 0.717) is 22.8 Å². The van der Waals surface area contributed by atoms with Gasteiger partial charge in [0.1, 0.15) is 17.2 Å². The first-order valence-corrected chi connectivity index (χ1v) is 7.35. The number of aryl methyl sites for hydroxylation is 2. The van der Waals surface area contributed by atoms with Gasteiger partial charge in [-0.15, -0.1) is 0 Å². The van der Waals surface area contributed by atoms with Crippen LogP contribution in [0.3, 0.4) is 0 Å².